The van der Waals surface area contributed by atoms with Crippen LogP contribution >= 0.6 is 0 Å². The first-order valence-corrected chi connectivity index (χ1v) is 12.6. The van der Waals surface area contributed by atoms with E-state index in [1.165, 1.54) is 30.3 Å². The van der Waals surface area contributed by atoms with E-state index in [0.29, 0.717) is 6.07 Å². The number of halogens is 3. The van der Waals surface area contributed by atoms with Crippen LogP contribution in [0.2, 0.25) is 0 Å². The topological polar surface area (TPSA) is 158 Å². The van der Waals surface area contributed by atoms with Crippen LogP contribution in [0.3, 0.4) is 0 Å². The number of hydrogen-bond acceptors (Lipinski definition) is 9. The Kier molecular flexibility index (Phi) is 6.86. The summed E-state index contributed by atoms with van der Waals surface area (Å²) in [5.74, 6) is -1.78. The molecule has 0 bridgehead atoms. The zero-order valence-corrected chi connectivity index (χ0v) is 20.2. The number of benzene rings is 1. The molecule has 0 spiro atoms. The molecule has 1 atom stereocenters. The predicted octanol–water partition coefficient (Wildman–Crippen LogP) is 1.74. The number of carbonyl (C=O) groups excluding carboxylic acids is 2. The van der Waals surface area contributed by atoms with Crippen LogP contribution in [0.4, 0.5) is 13.2 Å². The molecule has 2 amide bonds. The molecule has 4 rings (SSSR count). The molecular weight excluding hydrogens is 519 g/mol. The van der Waals surface area contributed by atoms with E-state index in [2.05, 4.69) is 35.4 Å². The van der Waals surface area contributed by atoms with E-state index in [1.807, 2.05) is 0 Å². The molecule has 2 aromatic heterocycles. The fourth-order valence-electron chi connectivity index (χ4n) is 3.25. The standard InChI is InChI=1S/C21H20F3N7O5S/c1-11(29-19(32)12-5-14(36-21(22,23)24)7-15(6-12)37(2,34)35)18-27-10-28-31(18)17-8-16(25-9-26-17)20(33)30-13-3-4-13/h5-11,13H,3-4H2,1-2H3,(H,29,32)(H,30,33)/t11-/m0/s1. The Morgan fingerprint density at radius 1 is 1.08 bits per heavy atom. The summed E-state index contributed by atoms with van der Waals surface area (Å²) in [4.78, 5) is 36.8. The Morgan fingerprint density at radius 2 is 1.81 bits per heavy atom. The monoisotopic (exact) mass is 539 g/mol. The molecule has 16 heteroatoms. The summed E-state index contributed by atoms with van der Waals surface area (Å²) in [6.45, 7) is 1.52. The summed E-state index contributed by atoms with van der Waals surface area (Å²) in [6.07, 6.45) is -0.169. The summed E-state index contributed by atoms with van der Waals surface area (Å²) in [5, 5.41) is 9.41. The number of aromatic nitrogens is 5. The van der Waals surface area contributed by atoms with Crippen LogP contribution in [0, 0.1) is 0 Å². The molecule has 2 N–H and O–H groups in total. The molecule has 3 aromatic rings. The molecule has 1 saturated carbocycles. The lowest BCUT2D eigenvalue weighted by Gasteiger charge is -2.16. The van der Waals surface area contributed by atoms with E-state index >= 15 is 0 Å². The lowest BCUT2D eigenvalue weighted by atomic mass is 10.2. The van der Waals surface area contributed by atoms with Gasteiger partial charge in [0.25, 0.3) is 11.8 Å². The fourth-order valence-corrected chi connectivity index (χ4v) is 3.92. The lowest BCUT2D eigenvalue weighted by Crippen LogP contribution is -2.29. The highest BCUT2D eigenvalue weighted by Gasteiger charge is 2.32. The predicted molar refractivity (Wildman–Crippen MR) is 120 cm³/mol. The maximum absolute atomic E-state index is 12.9. The Labute approximate surface area is 208 Å². The normalized spacial score (nSPS) is 14.6. The molecule has 0 aliphatic heterocycles. The molecule has 1 aromatic carbocycles. The van der Waals surface area contributed by atoms with Crippen molar-refractivity contribution in [1.82, 2.24) is 35.4 Å². The van der Waals surface area contributed by atoms with Gasteiger partial charge in [-0.2, -0.15) is 9.78 Å². The van der Waals surface area contributed by atoms with Gasteiger partial charge in [0.2, 0.25) is 0 Å². The van der Waals surface area contributed by atoms with Gasteiger partial charge in [-0.3, -0.25) is 9.59 Å². The van der Waals surface area contributed by atoms with Crippen molar-refractivity contribution in [3.05, 3.63) is 54.0 Å². The fraction of sp³-hybridized carbons (Fsp3) is 0.333. The summed E-state index contributed by atoms with van der Waals surface area (Å²) in [7, 11) is -3.97. The van der Waals surface area contributed by atoms with Gasteiger partial charge < -0.3 is 15.4 Å². The number of alkyl halides is 3. The molecule has 1 aliphatic rings. The van der Waals surface area contributed by atoms with E-state index in [9.17, 15) is 31.2 Å². The highest BCUT2D eigenvalue weighted by atomic mass is 32.2. The summed E-state index contributed by atoms with van der Waals surface area (Å²) in [5.41, 5.74) is -0.286. The number of ether oxygens (including phenoxy) is 1. The number of sulfone groups is 1. The number of hydrogen-bond donors (Lipinski definition) is 2. The minimum absolute atomic E-state index is 0.102. The third-order valence-electron chi connectivity index (χ3n) is 5.13. The van der Waals surface area contributed by atoms with Gasteiger partial charge in [0, 0.05) is 23.9 Å². The molecule has 2 heterocycles. The second kappa shape index (κ2) is 9.76. The molecule has 37 heavy (non-hydrogen) atoms. The van der Waals surface area contributed by atoms with Crippen molar-refractivity contribution in [3.63, 3.8) is 0 Å². The SMILES string of the molecule is C[C@H](NC(=O)c1cc(OC(F)(F)F)cc(S(C)(=O)=O)c1)c1ncnn1-c1cc(C(=O)NC2CC2)ncn1. The third-order valence-corrected chi connectivity index (χ3v) is 6.22. The van der Waals surface area contributed by atoms with Gasteiger partial charge in [-0.15, -0.1) is 13.2 Å². The van der Waals surface area contributed by atoms with Crippen molar-refractivity contribution in [3.8, 4) is 11.6 Å². The van der Waals surface area contributed by atoms with Gasteiger partial charge in [-0.1, -0.05) is 0 Å². The molecule has 0 unspecified atom stereocenters. The van der Waals surface area contributed by atoms with Crippen LogP contribution in [0.1, 0.15) is 52.5 Å². The first-order chi connectivity index (χ1) is 17.3. The summed E-state index contributed by atoms with van der Waals surface area (Å²) >= 11 is 0. The maximum Gasteiger partial charge on any atom is 0.573 e. The first kappa shape index (κ1) is 26.0. The zero-order valence-electron chi connectivity index (χ0n) is 19.4. The van der Waals surface area contributed by atoms with Gasteiger partial charge in [-0.25, -0.2) is 23.4 Å². The van der Waals surface area contributed by atoms with Crippen LogP contribution < -0.4 is 15.4 Å². The number of amides is 2. The van der Waals surface area contributed by atoms with Crippen LogP contribution in [0.5, 0.6) is 5.75 Å². The van der Waals surface area contributed by atoms with Crippen LogP contribution in [-0.4, -0.2) is 63.6 Å². The Morgan fingerprint density at radius 3 is 2.46 bits per heavy atom. The van der Waals surface area contributed by atoms with E-state index in [-0.39, 0.29) is 34.8 Å². The molecule has 1 fully saturated rings. The van der Waals surface area contributed by atoms with E-state index < -0.39 is 38.8 Å². The summed E-state index contributed by atoms with van der Waals surface area (Å²) < 4.78 is 67.1. The largest absolute Gasteiger partial charge is 0.573 e. The van der Waals surface area contributed by atoms with Crippen LogP contribution in [-0.2, 0) is 9.84 Å². The van der Waals surface area contributed by atoms with Crippen molar-refractivity contribution >= 4 is 21.7 Å². The Hall–Kier alpha value is -4.08. The molecule has 12 nitrogen and oxygen atoms in total. The molecule has 196 valence electrons. The quantitative estimate of drug-likeness (QED) is 0.435. The van der Waals surface area contributed by atoms with Gasteiger partial charge >= 0.3 is 6.36 Å². The molecular formula is C21H20F3N7O5S. The van der Waals surface area contributed by atoms with E-state index in [1.54, 1.807) is 0 Å². The van der Waals surface area contributed by atoms with Crippen molar-refractivity contribution < 1.29 is 35.9 Å². The van der Waals surface area contributed by atoms with Gasteiger partial charge in [0.05, 0.1) is 10.9 Å². The zero-order chi connectivity index (χ0) is 27.0. The number of nitrogens with zero attached hydrogens (tertiary/aromatic N) is 5. The maximum atomic E-state index is 12.9. The Bertz CT molecular complexity index is 1450. The van der Waals surface area contributed by atoms with Gasteiger partial charge in [-0.05, 0) is 38.0 Å². The smallest absolute Gasteiger partial charge is 0.406 e. The average Bonchev–Trinajstić information content (AvgIpc) is 3.48. The van der Waals surface area contributed by atoms with Crippen molar-refractivity contribution in [2.24, 2.45) is 0 Å². The van der Waals surface area contributed by atoms with Crippen molar-refractivity contribution in [2.75, 3.05) is 6.26 Å². The second-order valence-electron chi connectivity index (χ2n) is 8.25. The highest BCUT2D eigenvalue weighted by molar-refractivity contribution is 7.90. The highest BCUT2D eigenvalue weighted by Crippen LogP contribution is 2.27. The third kappa shape index (κ3) is 6.58. The average molecular weight is 539 g/mol. The lowest BCUT2D eigenvalue weighted by molar-refractivity contribution is -0.274. The Balaban J connectivity index is 1.57. The molecule has 1 aliphatic carbocycles. The van der Waals surface area contributed by atoms with Gasteiger partial charge in [0.15, 0.2) is 21.5 Å². The van der Waals surface area contributed by atoms with Crippen molar-refractivity contribution in [1.29, 1.82) is 0 Å². The van der Waals surface area contributed by atoms with Crippen LogP contribution in [0.25, 0.3) is 5.82 Å². The van der Waals surface area contributed by atoms with E-state index in [4.69, 9.17) is 0 Å². The first-order valence-electron chi connectivity index (χ1n) is 10.7. The van der Waals surface area contributed by atoms with E-state index in [0.717, 1.165) is 31.2 Å². The second-order valence-corrected chi connectivity index (χ2v) is 10.3. The van der Waals surface area contributed by atoms with Crippen LogP contribution in [0.15, 0.2) is 41.8 Å². The summed E-state index contributed by atoms with van der Waals surface area (Å²) in [6, 6.07) is 3.01. The minimum atomic E-state index is -5.10. The number of nitrogens with one attached hydrogen (secondary N) is 2. The molecule has 0 saturated heterocycles. The van der Waals surface area contributed by atoms with Crippen molar-refractivity contribution in [2.45, 2.75) is 43.1 Å². The number of rotatable bonds is 8. The molecule has 0 radical (unpaired) electrons. The minimum Gasteiger partial charge on any atom is -0.406 e. The van der Waals surface area contributed by atoms with Gasteiger partial charge in [0.1, 0.15) is 24.1 Å². The number of carbonyl (C=O) groups is 2.